The molecule has 0 spiro atoms. The van der Waals surface area contributed by atoms with E-state index in [-0.39, 0.29) is 23.1 Å². The van der Waals surface area contributed by atoms with Crippen LogP contribution >= 0.6 is 0 Å². The van der Waals surface area contributed by atoms with E-state index in [1.54, 1.807) is 0 Å². The summed E-state index contributed by atoms with van der Waals surface area (Å²) < 4.78 is 5.61. The molecule has 0 saturated carbocycles. The Labute approximate surface area is 174 Å². The molecule has 0 bridgehead atoms. The highest BCUT2D eigenvalue weighted by atomic mass is 16.5. The standard InChI is InChI=1S/C25H33NO3/c1-6-7-8-13-29-24(28)21-17(3)26-19-14-25(4,5)15-20(27)23(19)22(21)18-11-9-16(2)10-12-18/h9-12,22,26H,6-8,13-15H2,1-5H3/t22-/m0/s1. The summed E-state index contributed by atoms with van der Waals surface area (Å²) in [6.07, 6.45) is 4.26. The fraction of sp³-hybridized carbons (Fsp3) is 0.520. The highest BCUT2D eigenvalue weighted by molar-refractivity contribution is 6.04. The smallest absolute Gasteiger partial charge is 0.336 e. The number of unbranched alkanes of at least 4 members (excludes halogenated alkanes) is 2. The van der Waals surface area contributed by atoms with Gasteiger partial charge in [-0.25, -0.2) is 4.79 Å². The Hall–Kier alpha value is -2.36. The number of allylic oxidation sites excluding steroid dienone is 3. The summed E-state index contributed by atoms with van der Waals surface area (Å²) in [5.41, 5.74) is 5.09. The Kier molecular flexibility index (Phi) is 6.30. The zero-order valence-electron chi connectivity index (χ0n) is 18.4. The number of benzene rings is 1. The second-order valence-electron chi connectivity index (χ2n) is 9.18. The molecule has 0 amide bonds. The second kappa shape index (κ2) is 8.56. The van der Waals surface area contributed by atoms with E-state index in [0.717, 1.165) is 53.8 Å². The van der Waals surface area contributed by atoms with Crippen LogP contribution in [0.15, 0.2) is 46.8 Å². The summed E-state index contributed by atoms with van der Waals surface area (Å²) in [5, 5.41) is 3.39. The number of ether oxygens (including phenoxy) is 1. The lowest BCUT2D eigenvalue weighted by molar-refractivity contribution is -0.139. The second-order valence-corrected chi connectivity index (χ2v) is 9.18. The van der Waals surface area contributed by atoms with Crippen LogP contribution in [0.25, 0.3) is 0 Å². The van der Waals surface area contributed by atoms with Crippen LogP contribution in [0, 0.1) is 12.3 Å². The lowest BCUT2D eigenvalue weighted by Gasteiger charge is -2.39. The number of dihydropyridines is 1. The Bertz CT molecular complexity index is 859. The van der Waals surface area contributed by atoms with Crippen LogP contribution in [0.4, 0.5) is 0 Å². The maximum atomic E-state index is 13.2. The Morgan fingerprint density at radius 2 is 1.83 bits per heavy atom. The molecule has 4 nitrogen and oxygen atoms in total. The van der Waals surface area contributed by atoms with Crippen LogP contribution in [0.1, 0.15) is 76.8 Å². The van der Waals surface area contributed by atoms with E-state index in [4.69, 9.17) is 4.74 Å². The predicted molar refractivity (Wildman–Crippen MR) is 115 cm³/mol. The van der Waals surface area contributed by atoms with E-state index in [9.17, 15) is 9.59 Å². The molecule has 1 aromatic carbocycles. The number of hydrogen-bond acceptors (Lipinski definition) is 4. The maximum absolute atomic E-state index is 13.2. The lowest BCUT2D eigenvalue weighted by Crippen LogP contribution is -2.38. The molecule has 1 aromatic rings. The number of carbonyl (C=O) groups excluding carboxylic acids is 2. The topological polar surface area (TPSA) is 55.4 Å². The SMILES string of the molecule is CCCCCOC(=O)C1=C(C)NC2=C(C(=O)CC(C)(C)C2)[C@H]1c1ccc(C)cc1. The van der Waals surface area contributed by atoms with Crippen molar-refractivity contribution in [1.82, 2.24) is 5.32 Å². The first kappa shape index (κ1) is 21.4. The summed E-state index contributed by atoms with van der Waals surface area (Å²) in [5.74, 6) is -0.562. The Balaban J connectivity index is 2.01. The van der Waals surface area contributed by atoms with E-state index in [2.05, 4.69) is 26.1 Å². The van der Waals surface area contributed by atoms with Crippen molar-refractivity contribution in [2.24, 2.45) is 5.41 Å². The molecule has 1 heterocycles. The Morgan fingerprint density at radius 3 is 2.48 bits per heavy atom. The van der Waals surface area contributed by atoms with Gasteiger partial charge in [-0.1, -0.05) is 63.4 Å². The van der Waals surface area contributed by atoms with Gasteiger partial charge >= 0.3 is 5.97 Å². The molecule has 1 aliphatic heterocycles. The zero-order chi connectivity index (χ0) is 21.2. The largest absolute Gasteiger partial charge is 0.462 e. The van der Waals surface area contributed by atoms with E-state index in [1.807, 2.05) is 38.1 Å². The molecule has 1 aliphatic carbocycles. The van der Waals surface area contributed by atoms with Crippen LogP contribution in [0.3, 0.4) is 0 Å². The number of hydrogen-bond donors (Lipinski definition) is 1. The van der Waals surface area contributed by atoms with Gasteiger partial charge in [0.15, 0.2) is 5.78 Å². The number of esters is 1. The van der Waals surface area contributed by atoms with Gasteiger partial charge in [0.1, 0.15) is 0 Å². The van der Waals surface area contributed by atoms with Gasteiger partial charge in [0.2, 0.25) is 0 Å². The van der Waals surface area contributed by atoms with Crippen molar-refractivity contribution in [1.29, 1.82) is 0 Å². The minimum atomic E-state index is -0.367. The van der Waals surface area contributed by atoms with Crippen molar-refractivity contribution >= 4 is 11.8 Å². The third-order valence-corrected chi connectivity index (χ3v) is 5.85. The predicted octanol–water partition coefficient (Wildman–Crippen LogP) is 5.33. The van der Waals surface area contributed by atoms with Gasteiger partial charge in [0, 0.05) is 29.3 Å². The van der Waals surface area contributed by atoms with Crippen LogP contribution in [-0.4, -0.2) is 18.4 Å². The van der Waals surface area contributed by atoms with E-state index in [1.165, 1.54) is 0 Å². The average Bonchev–Trinajstić information content (AvgIpc) is 2.63. The van der Waals surface area contributed by atoms with E-state index < -0.39 is 0 Å². The first-order chi connectivity index (χ1) is 13.7. The first-order valence-electron chi connectivity index (χ1n) is 10.7. The van der Waals surface area contributed by atoms with Crippen molar-refractivity contribution < 1.29 is 14.3 Å². The molecular weight excluding hydrogens is 362 g/mol. The molecule has 0 radical (unpaired) electrons. The van der Waals surface area contributed by atoms with Crippen LogP contribution < -0.4 is 5.32 Å². The summed E-state index contributed by atoms with van der Waals surface area (Å²) in [7, 11) is 0. The summed E-state index contributed by atoms with van der Waals surface area (Å²) >= 11 is 0. The molecule has 0 saturated heterocycles. The average molecular weight is 396 g/mol. The molecular formula is C25H33NO3. The highest BCUT2D eigenvalue weighted by Gasteiger charge is 2.43. The fourth-order valence-electron chi connectivity index (χ4n) is 4.39. The van der Waals surface area contributed by atoms with Crippen molar-refractivity contribution in [2.45, 2.75) is 72.6 Å². The monoisotopic (exact) mass is 395 g/mol. The number of rotatable bonds is 6. The molecule has 0 unspecified atom stereocenters. The number of carbonyl (C=O) groups is 2. The molecule has 0 fully saturated rings. The quantitative estimate of drug-likeness (QED) is 0.522. The zero-order valence-corrected chi connectivity index (χ0v) is 18.4. The minimum absolute atomic E-state index is 0.0841. The van der Waals surface area contributed by atoms with Crippen molar-refractivity contribution in [2.75, 3.05) is 6.61 Å². The van der Waals surface area contributed by atoms with Crippen molar-refractivity contribution in [3.05, 3.63) is 57.9 Å². The van der Waals surface area contributed by atoms with Crippen LogP contribution in [0.5, 0.6) is 0 Å². The van der Waals surface area contributed by atoms with Crippen LogP contribution in [-0.2, 0) is 14.3 Å². The van der Waals surface area contributed by atoms with Crippen molar-refractivity contribution in [3.8, 4) is 0 Å². The van der Waals surface area contributed by atoms with Crippen molar-refractivity contribution in [3.63, 3.8) is 0 Å². The van der Waals surface area contributed by atoms with Gasteiger partial charge in [-0.15, -0.1) is 0 Å². The van der Waals surface area contributed by atoms with E-state index >= 15 is 0 Å². The van der Waals surface area contributed by atoms with Gasteiger partial charge in [0.05, 0.1) is 12.2 Å². The molecule has 29 heavy (non-hydrogen) atoms. The molecule has 3 rings (SSSR count). The molecule has 0 aromatic heterocycles. The molecule has 1 N–H and O–H groups in total. The molecule has 4 heteroatoms. The highest BCUT2D eigenvalue weighted by Crippen LogP contribution is 2.46. The normalized spacial score (nSPS) is 21.0. The summed E-state index contributed by atoms with van der Waals surface area (Å²) in [6, 6.07) is 8.13. The lowest BCUT2D eigenvalue weighted by atomic mass is 9.68. The Morgan fingerprint density at radius 1 is 1.14 bits per heavy atom. The molecule has 156 valence electrons. The number of aryl methyl sites for hydroxylation is 1. The molecule has 2 aliphatic rings. The van der Waals surface area contributed by atoms with Gasteiger partial charge in [-0.05, 0) is 37.7 Å². The summed E-state index contributed by atoms with van der Waals surface area (Å²) in [4.78, 5) is 26.3. The minimum Gasteiger partial charge on any atom is -0.462 e. The third-order valence-electron chi connectivity index (χ3n) is 5.85. The van der Waals surface area contributed by atoms with Gasteiger partial charge in [-0.2, -0.15) is 0 Å². The number of ketones is 1. The van der Waals surface area contributed by atoms with Gasteiger partial charge in [-0.3, -0.25) is 4.79 Å². The van der Waals surface area contributed by atoms with Gasteiger partial charge in [0.25, 0.3) is 0 Å². The van der Waals surface area contributed by atoms with E-state index in [0.29, 0.717) is 18.6 Å². The fourth-order valence-corrected chi connectivity index (χ4v) is 4.39. The summed E-state index contributed by atoms with van der Waals surface area (Å²) in [6.45, 7) is 10.7. The number of Topliss-reactive ketones (excluding diaryl/α,β-unsaturated/α-hetero) is 1. The maximum Gasteiger partial charge on any atom is 0.336 e. The third kappa shape index (κ3) is 4.63. The van der Waals surface area contributed by atoms with Gasteiger partial charge < -0.3 is 10.1 Å². The molecule has 1 atom stereocenters. The number of nitrogens with one attached hydrogen (secondary N) is 1. The van der Waals surface area contributed by atoms with Crippen LogP contribution in [0.2, 0.25) is 0 Å². The first-order valence-corrected chi connectivity index (χ1v) is 10.7.